The number of aromatic nitrogens is 1. The van der Waals surface area contributed by atoms with E-state index in [4.69, 9.17) is 4.98 Å². The molecule has 0 amide bonds. The molecule has 0 atom stereocenters. The summed E-state index contributed by atoms with van der Waals surface area (Å²) in [6.07, 6.45) is 0. The van der Waals surface area contributed by atoms with E-state index in [1.807, 2.05) is 0 Å². The van der Waals surface area contributed by atoms with Gasteiger partial charge >= 0.3 is 0 Å². The van der Waals surface area contributed by atoms with Gasteiger partial charge in [-0.3, -0.25) is 0 Å². The molecule has 104 valence electrons. The lowest BCUT2D eigenvalue weighted by molar-refractivity contribution is 0.304. The summed E-state index contributed by atoms with van der Waals surface area (Å²) < 4.78 is 1.27. The fourth-order valence-corrected chi connectivity index (χ4v) is 3.56. The number of para-hydroxylation sites is 1. The molecule has 1 aromatic carbocycles. The summed E-state index contributed by atoms with van der Waals surface area (Å²) in [6, 6.07) is 6.37. The van der Waals surface area contributed by atoms with E-state index in [2.05, 4.69) is 58.1 Å². The molecule has 0 radical (unpaired) electrons. The Morgan fingerprint density at radius 3 is 2.42 bits per heavy atom. The van der Waals surface area contributed by atoms with Crippen molar-refractivity contribution in [3.8, 4) is 0 Å². The van der Waals surface area contributed by atoms with Crippen LogP contribution in [-0.4, -0.2) is 11.5 Å². The second-order valence-electron chi connectivity index (χ2n) is 5.97. The highest BCUT2D eigenvalue weighted by molar-refractivity contribution is 7.22. The van der Waals surface area contributed by atoms with Gasteiger partial charge in [0.15, 0.2) is 5.13 Å². The SMILES string of the molecule is Cc1cccc2sc(NCC(C(C)C)C(C)C)nc12. The lowest BCUT2D eigenvalue weighted by Gasteiger charge is -2.24. The Kier molecular flexibility index (Phi) is 4.46. The Morgan fingerprint density at radius 1 is 1.16 bits per heavy atom. The molecular formula is C16H24N2S. The Bertz CT molecular complexity index is 535. The van der Waals surface area contributed by atoms with E-state index in [9.17, 15) is 0 Å². The molecule has 19 heavy (non-hydrogen) atoms. The van der Waals surface area contributed by atoms with Gasteiger partial charge in [-0.05, 0) is 36.3 Å². The second-order valence-corrected chi connectivity index (χ2v) is 7.00. The van der Waals surface area contributed by atoms with Crippen LogP contribution >= 0.6 is 11.3 Å². The van der Waals surface area contributed by atoms with E-state index in [-0.39, 0.29) is 0 Å². The van der Waals surface area contributed by atoms with Crippen molar-refractivity contribution in [2.45, 2.75) is 34.6 Å². The molecule has 0 unspecified atom stereocenters. The van der Waals surface area contributed by atoms with Crippen LogP contribution in [0.5, 0.6) is 0 Å². The topological polar surface area (TPSA) is 24.9 Å². The standard InChI is InChI=1S/C16H24N2S/c1-10(2)13(11(3)4)9-17-16-18-15-12(5)7-6-8-14(15)19-16/h6-8,10-11,13H,9H2,1-5H3,(H,17,18). The quantitative estimate of drug-likeness (QED) is 0.836. The maximum Gasteiger partial charge on any atom is 0.183 e. The molecule has 1 heterocycles. The average Bonchev–Trinajstić information content (AvgIpc) is 2.72. The average molecular weight is 276 g/mol. The van der Waals surface area contributed by atoms with Gasteiger partial charge in [0.25, 0.3) is 0 Å². The van der Waals surface area contributed by atoms with E-state index in [0.29, 0.717) is 17.8 Å². The molecule has 0 saturated heterocycles. The zero-order valence-electron chi connectivity index (χ0n) is 12.5. The van der Waals surface area contributed by atoms with Gasteiger partial charge in [-0.1, -0.05) is 51.2 Å². The van der Waals surface area contributed by atoms with Gasteiger partial charge in [-0.2, -0.15) is 0 Å². The fourth-order valence-electron chi connectivity index (χ4n) is 2.61. The van der Waals surface area contributed by atoms with Crippen LogP contribution < -0.4 is 5.32 Å². The van der Waals surface area contributed by atoms with Gasteiger partial charge in [0.1, 0.15) is 0 Å². The van der Waals surface area contributed by atoms with Crippen LogP contribution in [-0.2, 0) is 0 Å². The highest BCUT2D eigenvalue weighted by atomic mass is 32.1. The lowest BCUT2D eigenvalue weighted by atomic mass is 9.86. The number of hydrogen-bond acceptors (Lipinski definition) is 3. The lowest BCUT2D eigenvalue weighted by Crippen LogP contribution is -2.24. The minimum Gasteiger partial charge on any atom is -0.361 e. The largest absolute Gasteiger partial charge is 0.361 e. The molecule has 0 saturated carbocycles. The molecule has 0 aliphatic heterocycles. The second kappa shape index (κ2) is 5.91. The van der Waals surface area contributed by atoms with Crippen LogP contribution in [0.1, 0.15) is 33.3 Å². The van der Waals surface area contributed by atoms with Gasteiger partial charge in [0.05, 0.1) is 10.2 Å². The van der Waals surface area contributed by atoms with Crippen LogP contribution in [0.3, 0.4) is 0 Å². The molecule has 1 N–H and O–H groups in total. The first-order valence-corrected chi connectivity index (χ1v) is 7.90. The first-order valence-electron chi connectivity index (χ1n) is 7.09. The molecule has 2 rings (SSSR count). The highest BCUT2D eigenvalue weighted by Crippen LogP contribution is 2.29. The van der Waals surface area contributed by atoms with Crippen molar-refractivity contribution in [1.29, 1.82) is 0 Å². The number of thiazole rings is 1. The summed E-state index contributed by atoms with van der Waals surface area (Å²) in [4.78, 5) is 4.71. The maximum absolute atomic E-state index is 4.71. The number of anilines is 1. The predicted molar refractivity (Wildman–Crippen MR) is 86.0 cm³/mol. The maximum atomic E-state index is 4.71. The summed E-state index contributed by atoms with van der Waals surface area (Å²) in [7, 11) is 0. The number of rotatable bonds is 5. The predicted octanol–water partition coefficient (Wildman–Crippen LogP) is 4.94. The van der Waals surface area contributed by atoms with E-state index in [1.165, 1.54) is 10.3 Å². The third-order valence-electron chi connectivity index (χ3n) is 3.82. The monoisotopic (exact) mass is 276 g/mol. The van der Waals surface area contributed by atoms with Crippen molar-refractivity contribution in [2.75, 3.05) is 11.9 Å². The van der Waals surface area contributed by atoms with E-state index in [1.54, 1.807) is 11.3 Å². The normalized spacial score (nSPS) is 12.0. The highest BCUT2D eigenvalue weighted by Gasteiger charge is 2.17. The van der Waals surface area contributed by atoms with Crippen molar-refractivity contribution in [2.24, 2.45) is 17.8 Å². The summed E-state index contributed by atoms with van der Waals surface area (Å²) in [5.74, 6) is 2.08. The minimum atomic E-state index is 0.688. The van der Waals surface area contributed by atoms with E-state index < -0.39 is 0 Å². The van der Waals surface area contributed by atoms with Crippen LogP contribution in [0.25, 0.3) is 10.2 Å². The molecule has 2 nitrogen and oxygen atoms in total. The van der Waals surface area contributed by atoms with Crippen molar-refractivity contribution in [1.82, 2.24) is 4.98 Å². The zero-order chi connectivity index (χ0) is 14.0. The molecule has 2 aromatic rings. The molecule has 0 aliphatic carbocycles. The fraction of sp³-hybridized carbons (Fsp3) is 0.562. The molecule has 0 aliphatic rings. The first kappa shape index (κ1) is 14.3. The van der Waals surface area contributed by atoms with Gasteiger partial charge in [0.2, 0.25) is 0 Å². The number of nitrogens with one attached hydrogen (secondary N) is 1. The Labute approximate surface area is 120 Å². The van der Waals surface area contributed by atoms with Crippen molar-refractivity contribution in [3.05, 3.63) is 23.8 Å². The minimum absolute atomic E-state index is 0.688. The van der Waals surface area contributed by atoms with Crippen molar-refractivity contribution in [3.63, 3.8) is 0 Å². The van der Waals surface area contributed by atoms with Crippen LogP contribution in [0.2, 0.25) is 0 Å². The smallest absolute Gasteiger partial charge is 0.183 e. The third kappa shape index (κ3) is 3.27. The van der Waals surface area contributed by atoms with E-state index >= 15 is 0 Å². The van der Waals surface area contributed by atoms with Gasteiger partial charge in [-0.25, -0.2) is 4.98 Å². The molecule has 0 fully saturated rings. The molecule has 3 heteroatoms. The Balaban J connectivity index is 2.11. The summed E-state index contributed by atoms with van der Waals surface area (Å²) in [6.45, 7) is 12.3. The summed E-state index contributed by atoms with van der Waals surface area (Å²) in [5, 5.41) is 4.58. The van der Waals surface area contributed by atoms with Gasteiger partial charge in [0, 0.05) is 6.54 Å². The zero-order valence-corrected chi connectivity index (χ0v) is 13.3. The number of hydrogen-bond donors (Lipinski definition) is 1. The third-order valence-corrected chi connectivity index (χ3v) is 4.80. The van der Waals surface area contributed by atoms with E-state index in [0.717, 1.165) is 17.2 Å². The Hall–Kier alpha value is -1.09. The number of fused-ring (bicyclic) bond motifs is 1. The number of aryl methyl sites for hydroxylation is 1. The van der Waals surface area contributed by atoms with Crippen LogP contribution in [0.15, 0.2) is 18.2 Å². The summed E-state index contributed by atoms with van der Waals surface area (Å²) in [5.41, 5.74) is 2.40. The number of nitrogens with zero attached hydrogens (tertiary/aromatic N) is 1. The Morgan fingerprint density at radius 2 is 1.84 bits per heavy atom. The van der Waals surface area contributed by atoms with Gasteiger partial charge < -0.3 is 5.32 Å². The molecule has 0 bridgehead atoms. The molecule has 0 spiro atoms. The molecular weight excluding hydrogens is 252 g/mol. The van der Waals surface area contributed by atoms with Crippen molar-refractivity contribution < 1.29 is 0 Å². The van der Waals surface area contributed by atoms with Gasteiger partial charge in [-0.15, -0.1) is 0 Å². The van der Waals surface area contributed by atoms with Crippen LogP contribution in [0, 0.1) is 24.7 Å². The van der Waals surface area contributed by atoms with Crippen molar-refractivity contribution >= 4 is 26.7 Å². The molecule has 1 aromatic heterocycles. The van der Waals surface area contributed by atoms with Crippen LogP contribution in [0.4, 0.5) is 5.13 Å². The first-order chi connectivity index (χ1) is 8.99. The number of benzene rings is 1. The summed E-state index contributed by atoms with van der Waals surface area (Å²) >= 11 is 1.75.